The van der Waals surface area contributed by atoms with Gasteiger partial charge in [0.2, 0.25) is 5.91 Å². The molecule has 0 bridgehead atoms. The number of likely N-dealkylation sites (tertiary alicyclic amines) is 1. The number of aliphatic hydroxyl groups is 1. The van der Waals surface area contributed by atoms with Crippen molar-refractivity contribution in [3.63, 3.8) is 0 Å². The zero-order valence-corrected chi connectivity index (χ0v) is 14.5. The van der Waals surface area contributed by atoms with Crippen LogP contribution < -0.4 is 10.1 Å². The average molecular weight is 354 g/mol. The molecule has 0 spiro atoms. The number of carbonyl (C=O) groups excluding carboxylic acids is 2. The molecule has 3 atom stereocenters. The van der Waals surface area contributed by atoms with E-state index >= 15 is 0 Å². The first-order valence-electron chi connectivity index (χ1n) is 8.61. The molecule has 26 heavy (non-hydrogen) atoms. The van der Waals surface area contributed by atoms with Crippen molar-refractivity contribution >= 4 is 12.0 Å². The van der Waals surface area contributed by atoms with Gasteiger partial charge in [-0.3, -0.25) is 9.69 Å². The summed E-state index contributed by atoms with van der Waals surface area (Å²) in [6.07, 6.45) is -1.20. The number of aliphatic hydroxyl groups excluding tert-OH is 1. The van der Waals surface area contributed by atoms with Gasteiger partial charge in [-0.15, -0.1) is 0 Å². The smallest absolute Gasteiger partial charge is 0.410 e. The number of benzene rings is 2. The Bertz CT molecular complexity index is 751. The summed E-state index contributed by atoms with van der Waals surface area (Å²) in [6.45, 7) is 1.95. The standard InChI is InChI=1S/C20H22N2O4/c1-14(15-8-4-2-5-9-15)21-19(24)18-12-16(23)13-22(18)20(25)26-17-10-6-3-7-11-17/h2-11,14,16,18,23H,12-13H2,1H3,(H,21,24)/t14-,16-,18+/m1/s1. The highest BCUT2D eigenvalue weighted by atomic mass is 16.6. The molecular formula is C20H22N2O4. The van der Waals surface area contributed by atoms with Crippen LogP contribution in [0.1, 0.15) is 24.9 Å². The van der Waals surface area contributed by atoms with Crippen molar-refractivity contribution in [1.29, 1.82) is 0 Å². The second-order valence-corrected chi connectivity index (χ2v) is 6.38. The van der Waals surface area contributed by atoms with E-state index in [9.17, 15) is 14.7 Å². The third-order valence-electron chi connectivity index (χ3n) is 4.42. The largest absolute Gasteiger partial charge is 0.416 e. The summed E-state index contributed by atoms with van der Waals surface area (Å²) in [6, 6.07) is 17.3. The summed E-state index contributed by atoms with van der Waals surface area (Å²) in [5.41, 5.74) is 0.970. The number of rotatable bonds is 4. The third kappa shape index (κ3) is 4.21. The van der Waals surface area contributed by atoms with Gasteiger partial charge >= 0.3 is 6.09 Å². The second-order valence-electron chi connectivity index (χ2n) is 6.38. The van der Waals surface area contributed by atoms with Crippen LogP contribution in [0.25, 0.3) is 0 Å². The molecular weight excluding hydrogens is 332 g/mol. The lowest BCUT2D eigenvalue weighted by molar-refractivity contribution is -0.125. The van der Waals surface area contributed by atoms with Crippen molar-refractivity contribution in [2.75, 3.05) is 6.54 Å². The fourth-order valence-corrected chi connectivity index (χ4v) is 3.05. The summed E-state index contributed by atoms with van der Waals surface area (Å²) >= 11 is 0. The number of amides is 2. The Kier molecular flexibility index (Phi) is 5.53. The highest BCUT2D eigenvalue weighted by molar-refractivity contribution is 5.87. The first-order chi connectivity index (χ1) is 12.5. The van der Waals surface area contributed by atoms with E-state index in [4.69, 9.17) is 4.74 Å². The summed E-state index contributed by atoms with van der Waals surface area (Å²) < 4.78 is 5.31. The number of hydrogen-bond acceptors (Lipinski definition) is 4. The van der Waals surface area contributed by atoms with Gasteiger partial charge in [-0.25, -0.2) is 4.79 Å². The van der Waals surface area contributed by atoms with Crippen LogP contribution in [0, 0.1) is 0 Å². The van der Waals surface area contributed by atoms with Gasteiger partial charge in [0.15, 0.2) is 0 Å². The van der Waals surface area contributed by atoms with Crippen LogP contribution in [0.3, 0.4) is 0 Å². The molecule has 2 amide bonds. The maximum Gasteiger partial charge on any atom is 0.416 e. The van der Waals surface area contributed by atoms with E-state index < -0.39 is 18.2 Å². The molecule has 3 rings (SSSR count). The number of hydrogen-bond donors (Lipinski definition) is 2. The van der Waals surface area contributed by atoms with Crippen LogP contribution in [-0.2, 0) is 4.79 Å². The normalized spacial score (nSPS) is 20.5. The molecule has 1 aliphatic heterocycles. The van der Waals surface area contributed by atoms with Crippen LogP contribution in [0.15, 0.2) is 60.7 Å². The van der Waals surface area contributed by atoms with Gasteiger partial charge in [0, 0.05) is 6.42 Å². The van der Waals surface area contributed by atoms with Crippen molar-refractivity contribution in [2.45, 2.75) is 31.5 Å². The minimum Gasteiger partial charge on any atom is -0.410 e. The number of nitrogens with one attached hydrogen (secondary N) is 1. The SMILES string of the molecule is C[C@@H](NC(=O)[C@@H]1C[C@@H](O)CN1C(=O)Oc1ccccc1)c1ccccc1. The number of β-amino-alcohol motifs (C(OH)–C–C–N with tert-alkyl or cyclic N) is 1. The zero-order valence-electron chi connectivity index (χ0n) is 14.5. The lowest BCUT2D eigenvalue weighted by Gasteiger charge is -2.24. The quantitative estimate of drug-likeness (QED) is 0.884. The molecule has 2 aromatic carbocycles. The fraction of sp³-hybridized carbons (Fsp3) is 0.300. The van der Waals surface area contributed by atoms with E-state index in [0.29, 0.717) is 5.75 Å². The van der Waals surface area contributed by atoms with Gasteiger partial charge in [0.05, 0.1) is 18.7 Å². The van der Waals surface area contributed by atoms with Gasteiger partial charge in [0.25, 0.3) is 0 Å². The topological polar surface area (TPSA) is 78.9 Å². The van der Waals surface area contributed by atoms with Crippen molar-refractivity contribution in [3.05, 3.63) is 66.2 Å². The third-order valence-corrected chi connectivity index (χ3v) is 4.42. The van der Waals surface area contributed by atoms with Crippen LogP contribution >= 0.6 is 0 Å². The molecule has 136 valence electrons. The Labute approximate surface area is 152 Å². The number of nitrogens with zero attached hydrogens (tertiary/aromatic N) is 1. The van der Waals surface area contributed by atoms with E-state index in [-0.39, 0.29) is 24.9 Å². The second kappa shape index (κ2) is 8.01. The highest BCUT2D eigenvalue weighted by Gasteiger charge is 2.40. The minimum atomic E-state index is -0.757. The predicted molar refractivity (Wildman–Crippen MR) is 96.6 cm³/mol. The first kappa shape index (κ1) is 17.9. The molecule has 0 aliphatic carbocycles. The van der Waals surface area contributed by atoms with Gasteiger partial charge in [-0.2, -0.15) is 0 Å². The first-order valence-corrected chi connectivity index (χ1v) is 8.61. The molecule has 0 radical (unpaired) electrons. The molecule has 0 aromatic heterocycles. The van der Waals surface area contributed by atoms with E-state index in [1.807, 2.05) is 43.3 Å². The molecule has 1 heterocycles. The number of carbonyl (C=O) groups is 2. The summed E-state index contributed by atoms with van der Waals surface area (Å²) in [4.78, 5) is 26.4. The maximum absolute atomic E-state index is 12.7. The van der Waals surface area contributed by atoms with Gasteiger partial charge in [-0.05, 0) is 24.6 Å². The van der Waals surface area contributed by atoms with Crippen molar-refractivity contribution in [3.8, 4) is 5.75 Å². The zero-order chi connectivity index (χ0) is 18.5. The van der Waals surface area contributed by atoms with Crippen molar-refractivity contribution < 1.29 is 19.4 Å². The van der Waals surface area contributed by atoms with E-state index in [1.54, 1.807) is 24.3 Å². The predicted octanol–water partition coefficient (Wildman–Crippen LogP) is 2.50. The Morgan fingerprint density at radius 3 is 2.38 bits per heavy atom. The highest BCUT2D eigenvalue weighted by Crippen LogP contribution is 2.22. The van der Waals surface area contributed by atoms with Crippen molar-refractivity contribution in [2.24, 2.45) is 0 Å². The molecule has 6 nitrogen and oxygen atoms in total. The lowest BCUT2D eigenvalue weighted by atomic mass is 10.1. The average Bonchev–Trinajstić information content (AvgIpc) is 3.05. The minimum absolute atomic E-state index is 0.0729. The van der Waals surface area contributed by atoms with Crippen LogP contribution in [-0.4, -0.2) is 40.7 Å². The van der Waals surface area contributed by atoms with Gasteiger partial charge < -0.3 is 15.2 Å². The lowest BCUT2D eigenvalue weighted by Crippen LogP contribution is -2.47. The van der Waals surface area contributed by atoms with Crippen LogP contribution in [0.5, 0.6) is 5.75 Å². The Morgan fingerprint density at radius 1 is 1.12 bits per heavy atom. The maximum atomic E-state index is 12.7. The van der Waals surface area contributed by atoms with E-state index in [0.717, 1.165) is 5.56 Å². The molecule has 1 aliphatic rings. The molecule has 1 saturated heterocycles. The summed E-state index contributed by atoms with van der Waals surface area (Å²) in [5, 5.41) is 12.9. The van der Waals surface area contributed by atoms with Crippen LogP contribution in [0.4, 0.5) is 4.79 Å². The Morgan fingerprint density at radius 2 is 1.73 bits per heavy atom. The Balaban J connectivity index is 1.66. The Hall–Kier alpha value is -2.86. The van der Waals surface area contributed by atoms with Gasteiger partial charge in [-0.1, -0.05) is 48.5 Å². The molecule has 0 unspecified atom stereocenters. The van der Waals surface area contributed by atoms with E-state index in [2.05, 4.69) is 5.32 Å². The number of ether oxygens (including phenoxy) is 1. The fourth-order valence-electron chi connectivity index (χ4n) is 3.05. The molecule has 2 N–H and O–H groups in total. The van der Waals surface area contributed by atoms with Crippen LogP contribution in [0.2, 0.25) is 0 Å². The number of para-hydroxylation sites is 1. The van der Waals surface area contributed by atoms with Gasteiger partial charge in [0.1, 0.15) is 11.8 Å². The summed E-state index contributed by atoms with van der Waals surface area (Å²) in [7, 11) is 0. The molecule has 1 fully saturated rings. The molecule has 6 heteroatoms. The molecule has 0 saturated carbocycles. The summed E-state index contributed by atoms with van der Waals surface area (Å²) in [5.74, 6) is 0.0959. The van der Waals surface area contributed by atoms with Crippen molar-refractivity contribution in [1.82, 2.24) is 10.2 Å². The monoisotopic (exact) mass is 354 g/mol. The van der Waals surface area contributed by atoms with E-state index in [1.165, 1.54) is 4.90 Å². The molecule has 2 aromatic rings.